The lowest BCUT2D eigenvalue weighted by atomic mass is 9.78. The largest absolute Gasteiger partial charge is 0.352 e. The first kappa shape index (κ1) is 24.0. The minimum absolute atomic E-state index is 0.000511. The molecule has 1 fully saturated rings. The molecule has 0 radical (unpaired) electrons. The summed E-state index contributed by atoms with van der Waals surface area (Å²) in [6.45, 7) is 8.25. The molecule has 0 spiro atoms. The first-order valence-corrected chi connectivity index (χ1v) is 12.7. The van der Waals surface area contributed by atoms with Gasteiger partial charge in [-0.15, -0.1) is 5.10 Å². The van der Waals surface area contributed by atoms with E-state index in [0.29, 0.717) is 39.8 Å². The van der Waals surface area contributed by atoms with Gasteiger partial charge in [-0.1, -0.05) is 56.1 Å². The lowest BCUT2D eigenvalue weighted by Crippen LogP contribution is -2.44. The number of aromatic nitrogens is 4. The van der Waals surface area contributed by atoms with E-state index < -0.39 is 0 Å². The molecule has 1 saturated carbocycles. The zero-order valence-corrected chi connectivity index (χ0v) is 20.9. The molecule has 1 aliphatic rings. The number of benzene rings is 1. The molecule has 2 heterocycles. The number of hydrogen-bond acceptors (Lipinski definition) is 5. The maximum atomic E-state index is 14.3. The number of hydrogen-bond donors (Lipinski definition) is 1. The monoisotopic (exact) mass is 489 g/mol. The Balaban J connectivity index is 1.48. The van der Waals surface area contributed by atoms with Gasteiger partial charge >= 0.3 is 0 Å². The molecule has 176 valence electrons. The highest BCUT2D eigenvalue weighted by Gasteiger charge is 2.28. The third-order valence-electron chi connectivity index (χ3n) is 6.83. The van der Waals surface area contributed by atoms with E-state index in [1.807, 2.05) is 13.8 Å². The molecule has 1 amide bonds. The molecule has 1 N–H and O–H groups in total. The quantitative estimate of drug-likeness (QED) is 0.484. The van der Waals surface area contributed by atoms with Crippen molar-refractivity contribution in [2.75, 3.05) is 5.75 Å². The molecular formula is C24H29ClFN5OS. The van der Waals surface area contributed by atoms with Crippen molar-refractivity contribution in [1.82, 2.24) is 24.9 Å². The molecular weight excluding hydrogens is 461 g/mol. The average Bonchev–Trinajstić information content (AvgIpc) is 3.18. The van der Waals surface area contributed by atoms with Crippen LogP contribution < -0.4 is 5.32 Å². The van der Waals surface area contributed by atoms with Crippen molar-refractivity contribution in [3.63, 3.8) is 0 Å². The van der Waals surface area contributed by atoms with Crippen LogP contribution in [0.3, 0.4) is 0 Å². The summed E-state index contributed by atoms with van der Waals surface area (Å²) in [4.78, 5) is 21.6. The fraction of sp³-hybridized carbons (Fsp3) is 0.500. The van der Waals surface area contributed by atoms with E-state index in [4.69, 9.17) is 11.6 Å². The summed E-state index contributed by atoms with van der Waals surface area (Å²) >= 11 is 7.53. The Hall–Kier alpha value is -2.19. The van der Waals surface area contributed by atoms with Crippen LogP contribution in [0.5, 0.6) is 0 Å². The zero-order chi connectivity index (χ0) is 23.7. The van der Waals surface area contributed by atoms with Gasteiger partial charge in [-0.25, -0.2) is 13.9 Å². The summed E-state index contributed by atoms with van der Waals surface area (Å²) < 4.78 is 16.0. The minimum atomic E-state index is -0.344. The Morgan fingerprint density at radius 3 is 2.79 bits per heavy atom. The van der Waals surface area contributed by atoms with Crippen molar-refractivity contribution in [2.24, 2.45) is 11.8 Å². The summed E-state index contributed by atoms with van der Waals surface area (Å²) in [6, 6.07) is 4.91. The maximum Gasteiger partial charge on any atom is 0.253 e. The fourth-order valence-corrected chi connectivity index (χ4v) is 5.41. The van der Waals surface area contributed by atoms with Crippen LogP contribution in [0.4, 0.5) is 4.39 Å². The summed E-state index contributed by atoms with van der Waals surface area (Å²) in [5.41, 5.74) is 2.87. The number of nitrogens with zero attached hydrogens (tertiary/aromatic N) is 4. The van der Waals surface area contributed by atoms with E-state index >= 15 is 0 Å². The van der Waals surface area contributed by atoms with Gasteiger partial charge in [-0.05, 0) is 49.8 Å². The summed E-state index contributed by atoms with van der Waals surface area (Å²) in [5.74, 6) is 1.49. The van der Waals surface area contributed by atoms with E-state index in [-0.39, 0.29) is 23.5 Å². The summed E-state index contributed by atoms with van der Waals surface area (Å²) in [6.07, 6.45) is 3.73. The van der Waals surface area contributed by atoms with Crippen LogP contribution in [-0.2, 0) is 11.2 Å². The predicted molar refractivity (Wildman–Crippen MR) is 129 cm³/mol. The Morgan fingerprint density at radius 1 is 1.24 bits per heavy atom. The number of carbonyl (C=O) groups is 1. The second-order valence-electron chi connectivity index (χ2n) is 8.97. The van der Waals surface area contributed by atoms with Gasteiger partial charge in [0.25, 0.3) is 5.78 Å². The number of fused-ring (bicyclic) bond motifs is 1. The number of amides is 1. The van der Waals surface area contributed by atoms with Crippen LogP contribution in [0.2, 0.25) is 5.02 Å². The predicted octanol–water partition coefficient (Wildman–Crippen LogP) is 5.16. The molecule has 6 nitrogen and oxygen atoms in total. The zero-order valence-electron chi connectivity index (χ0n) is 19.4. The molecule has 3 atom stereocenters. The van der Waals surface area contributed by atoms with Crippen LogP contribution in [0.25, 0.3) is 5.78 Å². The van der Waals surface area contributed by atoms with Gasteiger partial charge in [0.15, 0.2) is 0 Å². The van der Waals surface area contributed by atoms with Crippen molar-refractivity contribution in [1.29, 1.82) is 0 Å². The Kier molecular flexibility index (Phi) is 7.24. The molecule has 0 saturated heterocycles. The van der Waals surface area contributed by atoms with Crippen LogP contribution >= 0.6 is 23.4 Å². The molecule has 33 heavy (non-hydrogen) atoms. The van der Waals surface area contributed by atoms with Gasteiger partial charge in [0.1, 0.15) is 5.82 Å². The van der Waals surface area contributed by atoms with E-state index in [0.717, 1.165) is 29.8 Å². The lowest BCUT2D eigenvalue weighted by Gasteiger charge is -2.34. The van der Waals surface area contributed by atoms with Gasteiger partial charge < -0.3 is 5.32 Å². The second-order valence-corrected chi connectivity index (χ2v) is 10.3. The fourth-order valence-electron chi connectivity index (χ4n) is 4.55. The number of rotatable bonds is 6. The second kappa shape index (κ2) is 9.97. The highest BCUT2D eigenvalue weighted by atomic mass is 35.5. The smallest absolute Gasteiger partial charge is 0.253 e. The van der Waals surface area contributed by atoms with Crippen LogP contribution in [0.15, 0.2) is 23.4 Å². The molecule has 1 aliphatic carbocycles. The molecule has 1 aromatic carbocycles. The summed E-state index contributed by atoms with van der Waals surface area (Å²) in [5, 5.41) is 8.61. The van der Waals surface area contributed by atoms with Gasteiger partial charge in [0.05, 0.1) is 5.75 Å². The number of thioether (sulfide) groups is 1. The maximum absolute atomic E-state index is 14.3. The number of nitrogens with one attached hydrogen (secondary N) is 1. The van der Waals surface area contributed by atoms with Crippen molar-refractivity contribution >= 4 is 35.0 Å². The van der Waals surface area contributed by atoms with Crippen molar-refractivity contribution in [3.05, 3.63) is 51.6 Å². The average molecular weight is 490 g/mol. The molecule has 0 aliphatic heterocycles. The molecule has 3 aromatic rings. The molecule has 2 aromatic heterocycles. The third kappa shape index (κ3) is 5.17. The number of carbonyl (C=O) groups excluding carboxylic acids is 1. The van der Waals surface area contributed by atoms with Crippen molar-refractivity contribution < 1.29 is 9.18 Å². The van der Waals surface area contributed by atoms with Gasteiger partial charge in [-0.3, -0.25) is 4.79 Å². The highest BCUT2D eigenvalue weighted by molar-refractivity contribution is 7.99. The van der Waals surface area contributed by atoms with E-state index in [1.165, 1.54) is 24.2 Å². The standard InChI is InChI=1S/C24H29ClFN5OS/c1-13-7-5-10-21(14(13)2)28-22(32)12-33-24-29-23-27-15(3)17(16(4)31(23)30-24)11-18-19(25)8-6-9-20(18)26/h6,8-9,13-14,21H,5,7,10-12H2,1-4H3,(H,28,32)/t13-,14+,21-/m1/s1. The number of aryl methyl sites for hydroxylation is 2. The Labute approximate surface area is 202 Å². The van der Waals surface area contributed by atoms with Crippen LogP contribution in [0.1, 0.15) is 55.6 Å². The first-order chi connectivity index (χ1) is 15.7. The van der Waals surface area contributed by atoms with E-state index in [1.54, 1.807) is 16.6 Å². The van der Waals surface area contributed by atoms with Crippen LogP contribution in [-0.4, -0.2) is 37.3 Å². The van der Waals surface area contributed by atoms with E-state index in [9.17, 15) is 9.18 Å². The van der Waals surface area contributed by atoms with Crippen molar-refractivity contribution in [3.8, 4) is 0 Å². The lowest BCUT2D eigenvalue weighted by molar-refractivity contribution is -0.120. The van der Waals surface area contributed by atoms with Gasteiger partial charge in [0, 0.05) is 34.4 Å². The third-order valence-corrected chi connectivity index (χ3v) is 8.02. The van der Waals surface area contributed by atoms with E-state index in [2.05, 4.69) is 34.2 Å². The Bertz CT molecular complexity index is 1160. The molecule has 4 rings (SSSR count). The SMILES string of the molecule is Cc1nc2nc(SCC(=O)N[C@@H]3CCC[C@@H](C)[C@@H]3C)nn2c(C)c1Cc1c(F)cccc1Cl. The van der Waals surface area contributed by atoms with Gasteiger partial charge in [0.2, 0.25) is 11.1 Å². The highest BCUT2D eigenvalue weighted by Crippen LogP contribution is 2.30. The first-order valence-electron chi connectivity index (χ1n) is 11.3. The molecule has 0 unspecified atom stereocenters. The number of halogens is 2. The molecule has 9 heteroatoms. The molecule has 0 bridgehead atoms. The van der Waals surface area contributed by atoms with Gasteiger partial charge in [-0.2, -0.15) is 4.98 Å². The normalized spacial score (nSPS) is 20.8. The topological polar surface area (TPSA) is 72.2 Å². The minimum Gasteiger partial charge on any atom is -0.352 e. The summed E-state index contributed by atoms with van der Waals surface area (Å²) in [7, 11) is 0. The van der Waals surface area contributed by atoms with Crippen LogP contribution in [0, 0.1) is 31.5 Å². The van der Waals surface area contributed by atoms with Crippen molar-refractivity contribution in [2.45, 2.75) is 64.6 Å². The Morgan fingerprint density at radius 2 is 2.03 bits per heavy atom.